The van der Waals surface area contributed by atoms with Crippen LogP contribution in [0, 0.1) is 5.82 Å². The number of hydrogen-bond donors (Lipinski definition) is 2. The number of H-pyrrole nitrogens is 1. The number of methoxy groups -OCH3 is 1. The summed E-state index contributed by atoms with van der Waals surface area (Å²) in [4.78, 5) is 19.6. The van der Waals surface area contributed by atoms with Crippen LogP contribution < -0.4 is 5.32 Å². The Morgan fingerprint density at radius 2 is 2.13 bits per heavy atom. The zero-order chi connectivity index (χ0) is 16.2. The molecule has 0 aliphatic carbocycles. The van der Waals surface area contributed by atoms with Crippen LogP contribution in [0.4, 0.5) is 4.39 Å². The number of benzene rings is 2. The molecule has 0 saturated heterocycles. The van der Waals surface area contributed by atoms with Gasteiger partial charge in [0, 0.05) is 12.7 Å². The van der Waals surface area contributed by atoms with Crippen LogP contribution in [0.25, 0.3) is 11.0 Å². The van der Waals surface area contributed by atoms with E-state index in [0.717, 1.165) is 5.56 Å². The Hall–Kier alpha value is -2.73. The maximum Gasteiger partial charge on any atom is 0.252 e. The van der Waals surface area contributed by atoms with Crippen molar-refractivity contribution in [1.29, 1.82) is 0 Å². The van der Waals surface area contributed by atoms with Crippen molar-refractivity contribution in [3.8, 4) is 0 Å². The fraction of sp³-hybridized carbons (Fsp3) is 0.176. The lowest BCUT2D eigenvalue weighted by molar-refractivity contribution is 0.0945. The standard InChI is InChI=1S/C17H16FN3O2/c1-23-10-11-4-2-3-5-13(11)17(22)19-9-16-20-14-7-6-12(18)8-15(14)21-16/h2-8H,9-10H2,1H3,(H,19,22)(H,20,21). The molecule has 0 aliphatic heterocycles. The molecule has 2 N–H and O–H groups in total. The van der Waals surface area contributed by atoms with Crippen molar-refractivity contribution in [2.75, 3.05) is 7.11 Å². The minimum Gasteiger partial charge on any atom is -0.380 e. The van der Waals surface area contributed by atoms with E-state index in [9.17, 15) is 9.18 Å². The highest BCUT2D eigenvalue weighted by Gasteiger charge is 2.11. The Bertz CT molecular complexity index is 845. The molecule has 5 nitrogen and oxygen atoms in total. The number of amides is 1. The number of carbonyl (C=O) groups excluding carboxylic acids is 1. The van der Waals surface area contributed by atoms with E-state index < -0.39 is 0 Å². The molecule has 0 radical (unpaired) electrons. The molecule has 1 amide bonds. The van der Waals surface area contributed by atoms with Gasteiger partial charge in [0.2, 0.25) is 0 Å². The second-order valence-corrected chi connectivity index (χ2v) is 5.12. The summed E-state index contributed by atoms with van der Waals surface area (Å²) in [5.41, 5.74) is 2.65. The highest BCUT2D eigenvalue weighted by Crippen LogP contribution is 2.13. The lowest BCUT2D eigenvalue weighted by atomic mass is 10.1. The van der Waals surface area contributed by atoms with E-state index in [1.54, 1.807) is 25.3 Å². The molecule has 0 unspecified atom stereocenters. The van der Waals surface area contributed by atoms with Gasteiger partial charge in [0.05, 0.1) is 24.2 Å². The van der Waals surface area contributed by atoms with Crippen molar-refractivity contribution in [2.45, 2.75) is 13.2 Å². The van der Waals surface area contributed by atoms with Crippen molar-refractivity contribution in [1.82, 2.24) is 15.3 Å². The lowest BCUT2D eigenvalue weighted by Gasteiger charge is -2.08. The first-order valence-corrected chi connectivity index (χ1v) is 7.16. The molecule has 1 aromatic heterocycles. The third-order valence-corrected chi connectivity index (χ3v) is 3.47. The number of carbonyl (C=O) groups is 1. The van der Waals surface area contributed by atoms with Gasteiger partial charge in [0.15, 0.2) is 0 Å². The van der Waals surface area contributed by atoms with Crippen LogP contribution in [0.3, 0.4) is 0 Å². The van der Waals surface area contributed by atoms with Crippen molar-refractivity contribution in [2.24, 2.45) is 0 Å². The van der Waals surface area contributed by atoms with Gasteiger partial charge in [-0.1, -0.05) is 18.2 Å². The summed E-state index contributed by atoms with van der Waals surface area (Å²) in [5.74, 6) is 0.0395. The minimum atomic E-state index is -0.328. The van der Waals surface area contributed by atoms with Gasteiger partial charge in [-0.2, -0.15) is 0 Å². The quantitative estimate of drug-likeness (QED) is 0.761. The van der Waals surface area contributed by atoms with Crippen LogP contribution >= 0.6 is 0 Å². The van der Waals surface area contributed by atoms with Crippen LogP contribution in [-0.4, -0.2) is 23.0 Å². The minimum absolute atomic E-state index is 0.204. The molecule has 0 bridgehead atoms. The molecule has 1 heterocycles. The number of aromatic nitrogens is 2. The first kappa shape index (κ1) is 15.2. The molecule has 118 valence electrons. The fourth-order valence-corrected chi connectivity index (χ4v) is 2.40. The van der Waals surface area contributed by atoms with Gasteiger partial charge in [-0.25, -0.2) is 9.37 Å². The number of halogens is 1. The Morgan fingerprint density at radius 3 is 2.96 bits per heavy atom. The van der Waals surface area contributed by atoms with Crippen molar-refractivity contribution in [3.63, 3.8) is 0 Å². The Kier molecular flexibility index (Phi) is 4.34. The third kappa shape index (κ3) is 3.37. The maximum atomic E-state index is 13.2. The number of imidazole rings is 1. The number of ether oxygens (including phenoxy) is 1. The maximum absolute atomic E-state index is 13.2. The van der Waals surface area contributed by atoms with Crippen molar-refractivity contribution in [3.05, 3.63) is 65.2 Å². The van der Waals surface area contributed by atoms with E-state index in [1.807, 2.05) is 12.1 Å². The number of hydrogen-bond acceptors (Lipinski definition) is 3. The number of nitrogens with zero attached hydrogens (tertiary/aromatic N) is 1. The van der Waals surface area contributed by atoms with E-state index in [4.69, 9.17) is 4.74 Å². The van der Waals surface area contributed by atoms with Gasteiger partial charge in [-0.05, 0) is 29.8 Å². The molecule has 3 rings (SSSR count). The molecule has 2 aromatic carbocycles. The highest BCUT2D eigenvalue weighted by molar-refractivity contribution is 5.95. The number of rotatable bonds is 5. The SMILES string of the molecule is COCc1ccccc1C(=O)NCc1nc2ccc(F)cc2[nH]1. The summed E-state index contributed by atoms with van der Waals surface area (Å²) in [6.07, 6.45) is 0. The van der Waals surface area contributed by atoms with Gasteiger partial charge in [0.1, 0.15) is 11.6 Å². The van der Waals surface area contributed by atoms with Crippen LogP contribution in [0.1, 0.15) is 21.7 Å². The van der Waals surface area contributed by atoms with Gasteiger partial charge in [-0.3, -0.25) is 4.79 Å². The molecule has 23 heavy (non-hydrogen) atoms. The van der Waals surface area contributed by atoms with Crippen molar-refractivity contribution >= 4 is 16.9 Å². The van der Waals surface area contributed by atoms with Crippen LogP contribution in [-0.2, 0) is 17.9 Å². The molecule has 0 fully saturated rings. The van der Waals surface area contributed by atoms with E-state index >= 15 is 0 Å². The van der Waals surface area contributed by atoms with E-state index in [1.165, 1.54) is 12.1 Å². The van der Waals surface area contributed by atoms with Gasteiger partial charge in [0.25, 0.3) is 5.91 Å². The number of fused-ring (bicyclic) bond motifs is 1. The summed E-state index contributed by atoms with van der Waals surface area (Å²) in [7, 11) is 1.59. The highest BCUT2D eigenvalue weighted by atomic mass is 19.1. The topological polar surface area (TPSA) is 67.0 Å². The summed E-state index contributed by atoms with van der Waals surface area (Å²) in [6, 6.07) is 11.6. The monoisotopic (exact) mass is 313 g/mol. The smallest absolute Gasteiger partial charge is 0.252 e. The van der Waals surface area contributed by atoms with Crippen LogP contribution in [0.2, 0.25) is 0 Å². The summed E-state index contributed by atoms with van der Waals surface area (Å²) in [5, 5.41) is 2.81. The van der Waals surface area contributed by atoms with E-state index in [2.05, 4.69) is 15.3 Å². The predicted octanol–water partition coefficient (Wildman–Crippen LogP) is 2.78. The number of nitrogens with one attached hydrogen (secondary N) is 2. The molecule has 6 heteroatoms. The Balaban J connectivity index is 1.73. The lowest BCUT2D eigenvalue weighted by Crippen LogP contribution is -2.24. The zero-order valence-corrected chi connectivity index (χ0v) is 12.6. The van der Waals surface area contributed by atoms with E-state index in [0.29, 0.717) is 29.0 Å². The second kappa shape index (κ2) is 6.58. The molecular formula is C17H16FN3O2. The molecule has 0 atom stereocenters. The summed E-state index contributed by atoms with van der Waals surface area (Å²) < 4.78 is 18.3. The number of aromatic amines is 1. The normalized spacial score (nSPS) is 10.9. The third-order valence-electron chi connectivity index (χ3n) is 3.47. The molecule has 0 spiro atoms. The summed E-state index contributed by atoms with van der Waals surface area (Å²) >= 11 is 0. The van der Waals surface area contributed by atoms with E-state index in [-0.39, 0.29) is 18.3 Å². The first-order chi connectivity index (χ1) is 11.2. The van der Waals surface area contributed by atoms with Gasteiger partial charge >= 0.3 is 0 Å². The summed E-state index contributed by atoms with van der Waals surface area (Å²) in [6.45, 7) is 0.601. The first-order valence-electron chi connectivity index (χ1n) is 7.16. The van der Waals surface area contributed by atoms with Gasteiger partial charge in [-0.15, -0.1) is 0 Å². The predicted molar refractivity (Wildman–Crippen MR) is 84.4 cm³/mol. The fourth-order valence-electron chi connectivity index (χ4n) is 2.40. The zero-order valence-electron chi connectivity index (χ0n) is 12.6. The second-order valence-electron chi connectivity index (χ2n) is 5.12. The van der Waals surface area contributed by atoms with Crippen molar-refractivity contribution < 1.29 is 13.9 Å². The van der Waals surface area contributed by atoms with Crippen LogP contribution in [0.5, 0.6) is 0 Å². The average molecular weight is 313 g/mol. The average Bonchev–Trinajstić information content (AvgIpc) is 2.95. The molecular weight excluding hydrogens is 297 g/mol. The largest absolute Gasteiger partial charge is 0.380 e. The molecule has 0 saturated carbocycles. The Morgan fingerprint density at radius 1 is 1.30 bits per heavy atom. The van der Waals surface area contributed by atoms with Gasteiger partial charge < -0.3 is 15.0 Å². The Labute approximate surface area is 132 Å². The molecule has 0 aliphatic rings. The van der Waals surface area contributed by atoms with Crippen LogP contribution in [0.15, 0.2) is 42.5 Å². The molecule has 3 aromatic rings.